The van der Waals surface area contributed by atoms with Crippen molar-refractivity contribution >= 4 is 23.3 Å². The standard InChI is InChI=1S/C15H16ClN3O/c1-11-5-7-12(8-6-11)10-19(2)15(20)18-13-4-3-9-17-14(13)16/h3-9H,10H2,1-2H3,(H,18,20). The van der Waals surface area contributed by atoms with Crippen LogP contribution in [0.4, 0.5) is 10.5 Å². The zero-order valence-electron chi connectivity index (χ0n) is 11.4. The van der Waals surface area contributed by atoms with E-state index in [4.69, 9.17) is 11.6 Å². The molecular weight excluding hydrogens is 274 g/mol. The Labute approximate surface area is 123 Å². The van der Waals surface area contributed by atoms with Crippen LogP contribution >= 0.6 is 11.6 Å². The van der Waals surface area contributed by atoms with Gasteiger partial charge in [-0.15, -0.1) is 0 Å². The van der Waals surface area contributed by atoms with Gasteiger partial charge < -0.3 is 10.2 Å². The van der Waals surface area contributed by atoms with Crippen LogP contribution in [0, 0.1) is 6.92 Å². The van der Waals surface area contributed by atoms with Crippen LogP contribution in [-0.2, 0) is 6.54 Å². The Bertz CT molecular complexity index is 598. The van der Waals surface area contributed by atoms with Gasteiger partial charge in [-0.05, 0) is 24.6 Å². The van der Waals surface area contributed by atoms with Gasteiger partial charge in [-0.2, -0.15) is 0 Å². The van der Waals surface area contributed by atoms with E-state index in [-0.39, 0.29) is 11.2 Å². The molecule has 0 saturated carbocycles. The van der Waals surface area contributed by atoms with Gasteiger partial charge in [0.2, 0.25) is 0 Å². The van der Waals surface area contributed by atoms with E-state index < -0.39 is 0 Å². The number of pyridine rings is 1. The van der Waals surface area contributed by atoms with Crippen LogP contribution in [0.1, 0.15) is 11.1 Å². The molecule has 0 bridgehead atoms. The number of urea groups is 1. The Morgan fingerprint density at radius 1 is 1.30 bits per heavy atom. The molecule has 4 nitrogen and oxygen atoms in total. The van der Waals surface area contributed by atoms with Crippen molar-refractivity contribution in [2.24, 2.45) is 0 Å². The lowest BCUT2D eigenvalue weighted by Gasteiger charge is -2.18. The average molecular weight is 290 g/mol. The Morgan fingerprint density at radius 3 is 2.65 bits per heavy atom. The molecule has 0 aliphatic rings. The smallest absolute Gasteiger partial charge is 0.321 e. The lowest BCUT2D eigenvalue weighted by Crippen LogP contribution is -2.30. The number of benzene rings is 1. The summed E-state index contributed by atoms with van der Waals surface area (Å²) in [7, 11) is 1.74. The van der Waals surface area contributed by atoms with Gasteiger partial charge >= 0.3 is 6.03 Å². The molecule has 0 unspecified atom stereocenters. The largest absolute Gasteiger partial charge is 0.323 e. The van der Waals surface area contributed by atoms with E-state index in [1.54, 1.807) is 30.3 Å². The Hall–Kier alpha value is -2.07. The monoisotopic (exact) mass is 289 g/mol. The number of rotatable bonds is 3. The minimum atomic E-state index is -0.222. The molecule has 0 spiro atoms. The molecule has 0 atom stereocenters. The predicted octanol–water partition coefficient (Wildman–Crippen LogP) is 3.71. The number of aryl methyl sites for hydroxylation is 1. The topological polar surface area (TPSA) is 45.2 Å². The van der Waals surface area contributed by atoms with E-state index in [1.807, 2.05) is 31.2 Å². The summed E-state index contributed by atoms with van der Waals surface area (Å²) in [6.45, 7) is 2.56. The SMILES string of the molecule is Cc1ccc(CN(C)C(=O)Nc2cccnc2Cl)cc1. The predicted molar refractivity (Wildman–Crippen MR) is 80.9 cm³/mol. The van der Waals surface area contributed by atoms with E-state index in [2.05, 4.69) is 10.3 Å². The van der Waals surface area contributed by atoms with Crippen molar-refractivity contribution in [3.8, 4) is 0 Å². The number of halogens is 1. The number of amides is 2. The van der Waals surface area contributed by atoms with Gasteiger partial charge in [-0.3, -0.25) is 0 Å². The molecule has 1 heterocycles. The number of nitrogens with one attached hydrogen (secondary N) is 1. The van der Waals surface area contributed by atoms with Gasteiger partial charge in [0.25, 0.3) is 0 Å². The molecule has 0 fully saturated rings. The lowest BCUT2D eigenvalue weighted by molar-refractivity contribution is 0.220. The van der Waals surface area contributed by atoms with Crippen LogP contribution in [0.2, 0.25) is 5.15 Å². The summed E-state index contributed by atoms with van der Waals surface area (Å²) >= 11 is 5.91. The number of carbonyl (C=O) groups is 1. The van der Waals surface area contributed by atoms with Crippen molar-refractivity contribution in [1.29, 1.82) is 0 Å². The van der Waals surface area contributed by atoms with Crippen LogP contribution in [0.5, 0.6) is 0 Å². The lowest BCUT2D eigenvalue weighted by atomic mass is 10.1. The molecule has 0 radical (unpaired) electrons. The zero-order chi connectivity index (χ0) is 14.5. The summed E-state index contributed by atoms with van der Waals surface area (Å²) in [5.41, 5.74) is 2.78. The molecule has 2 aromatic rings. The molecule has 0 aliphatic carbocycles. The Balaban J connectivity index is 1.99. The fraction of sp³-hybridized carbons (Fsp3) is 0.200. The quantitative estimate of drug-likeness (QED) is 0.876. The summed E-state index contributed by atoms with van der Waals surface area (Å²) < 4.78 is 0. The van der Waals surface area contributed by atoms with E-state index >= 15 is 0 Å². The minimum Gasteiger partial charge on any atom is -0.323 e. The van der Waals surface area contributed by atoms with Crippen LogP contribution in [0.25, 0.3) is 0 Å². The first-order valence-electron chi connectivity index (χ1n) is 6.24. The summed E-state index contributed by atoms with van der Waals surface area (Å²) in [5, 5.41) is 3.02. The second-order valence-electron chi connectivity index (χ2n) is 4.61. The molecule has 0 saturated heterocycles. The first-order valence-corrected chi connectivity index (χ1v) is 6.62. The van der Waals surface area contributed by atoms with Crippen LogP contribution < -0.4 is 5.32 Å². The maximum absolute atomic E-state index is 12.1. The second-order valence-corrected chi connectivity index (χ2v) is 4.97. The number of hydrogen-bond acceptors (Lipinski definition) is 2. The van der Waals surface area contributed by atoms with Crippen molar-refractivity contribution in [2.45, 2.75) is 13.5 Å². The summed E-state index contributed by atoms with van der Waals surface area (Å²) in [6.07, 6.45) is 1.58. The first kappa shape index (κ1) is 14.3. The maximum Gasteiger partial charge on any atom is 0.321 e. The van der Waals surface area contributed by atoms with Crippen molar-refractivity contribution in [2.75, 3.05) is 12.4 Å². The van der Waals surface area contributed by atoms with Gasteiger partial charge in [-0.1, -0.05) is 41.4 Å². The van der Waals surface area contributed by atoms with Crippen LogP contribution in [0.15, 0.2) is 42.6 Å². The third-order valence-electron chi connectivity index (χ3n) is 2.89. The Morgan fingerprint density at radius 2 is 2.00 bits per heavy atom. The average Bonchev–Trinajstić information content (AvgIpc) is 2.44. The van der Waals surface area contributed by atoms with Gasteiger partial charge in [0.1, 0.15) is 0 Å². The van der Waals surface area contributed by atoms with Gasteiger partial charge in [-0.25, -0.2) is 9.78 Å². The van der Waals surface area contributed by atoms with E-state index in [1.165, 1.54) is 5.56 Å². The zero-order valence-corrected chi connectivity index (χ0v) is 12.2. The van der Waals surface area contributed by atoms with Gasteiger partial charge in [0, 0.05) is 19.8 Å². The van der Waals surface area contributed by atoms with Crippen molar-refractivity contribution in [1.82, 2.24) is 9.88 Å². The number of hydrogen-bond donors (Lipinski definition) is 1. The molecule has 2 amide bonds. The fourth-order valence-corrected chi connectivity index (χ4v) is 1.90. The van der Waals surface area contributed by atoms with Crippen molar-refractivity contribution in [3.63, 3.8) is 0 Å². The maximum atomic E-state index is 12.1. The van der Waals surface area contributed by atoms with E-state index in [9.17, 15) is 4.79 Å². The molecule has 0 aliphatic heterocycles. The summed E-state index contributed by atoms with van der Waals surface area (Å²) in [5.74, 6) is 0. The third-order valence-corrected chi connectivity index (χ3v) is 3.19. The third kappa shape index (κ3) is 3.71. The fourth-order valence-electron chi connectivity index (χ4n) is 1.73. The van der Waals surface area contributed by atoms with Crippen molar-refractivity contribution < 1.29 is 4.79 Å². The van der Waals surface area contributed by atoms with E-state index in [0.717, 1.165) is 5.56 Å². The van der Waals surface area contributed by atoms with Crippen molar-refractivity contribution in [3.05, 3.63) is 58.9 Å². The highest BCUT2D eigenvalue weighted by molar-refractivity contribution is 6.32. The molecule has 5 heteroatoms. The van der Waals surface area contributed by atoms with Gasteiger partial charge in [0.05, 0.1) is 5.69 Å². The summed E-state index contributed by atoms with van der Waals surface area (Å²) in [4.78, 5) is 17.6. The number of nitrogens with zero attached hydrogens (tertiary/aromatic N) is 2. The van der Waals surface area contributed by atoms with Crippen LogP contribution in [-0.4, -0.2) is 23.0 Å². The normalized spacial score (nSPS) is 10.2. The van der Waals surface area contributed by atoms with E-state index in [0.29, 0.717) is 12.2 Å². The highest BCUT2D eigenvalue weighted by Gasteiger charge is 2.11. The van der Waals surface area contributed by atoms with Crippen LogP contribution in [0.3, 0.4) is 0 Å². The highest BCUT2D eigenvalue weighted by atomic mass is 35.5. The first-order chi connectivity index (χ1) is 9.56. The number of anilines is 1. The highest BCUT2D eigenvalue weighted by Crippen LogP contribution is 2.18. The molecular formula is C15H16ClN3O. The molecule has 1 aromatic carbocycles. The molecule has 20 heavy (non-hydrogen) atoms. The number of aromatic nitrogens is 1. The van der Waals surface area contributed by atoms with Gasteiger partial charge in [0.15, 0.2) is 5.15 Å². The molecule has 104 valence electrons. The molecule has 1 aromatic heterocycles. The Kier molecular flexibility index (Phi) is 4.58. The minimum absolute atomic E-state index is 0.222. The molecule has 1 N–H and O–H groups in total. The number of carbonyl (C=O) groups excluding carboxylic acids is 1. The second kappa shape index (κ2) is 6.39. The summed E-state index contributed by atoms with van der Waals surface area (Å²) in [6, 6.07) is 11.3. The molecule has 2 rings (SSSR count).